The van der Waals surface area contributed by atoms with E-state index in [0.29, 0.717) is 18.7 Å². The standard InChI is InChI=1S/C19H28N2O5S/c1-14-7-8-15(27(25,26)21-11-5-4-6-12-21)13-16(14)18(24)20-19(2,3)10-9-17(22)23/h7-8,13H,4-6,9-12H2,1-3H3,(H,20,24)(H,22,23). The summed E-state index contributed by atoms with van der Waals surface area (Å²) in [5, 5.41) is 11.7. The van der Waals surface area contributed by atoms with E-state index < -0.39 is 27.4 Å². The molecular weight excluding hydrogens is 368 g/mol. The van der Waals surface area contributed by atoms with Crippen molar-refractivity contribution >= 4 is 21.9 Å². The van der Waals surface area contributed by atoms with Gasteiger partial charge in [0.15, 0.2) is 0 Å². The highest BCUT2D eigenvalue weighted by Gasteiger charge is 2.28. The lowest BCUT2D eigenvalue weighted by atomic mass is 9.97. The van der Waals surface area contributed by atoms with Crippen molar-refractivity contribution in [3.8, 4) is 0 Å². The van der Waals surface area contributed by atoms with E-state index in [4.69, 9.17) is 5.11 Å². The Morgan fingerprint density at radius 3 is 2.41 bits per heavy atom. The molecule has 0 spiro atoms. The van der Waals surface area contributed by atoms with Gasteiger partial charge in [0.25, 0.3) is 5.91 Å². The first kappa shape index (κ1) is 21.4. The maximum atomic E-state index is 12.9. The number of hydrogen-bond acceptors (Lipinski definition) is 4. The average Bonchev–Trinajstić information content (AvgIpc) is 2.60. The third kappa shape index (κ3) is 5.52. The predicted octanol–water partition coefficient (Wildman–Crippen LogP) is 2.54. The molecule has 0 radical (unpaired) electrons. The van der Waals surface area contributed by atoms with Crippen molar-refractivity contribution in [2.24, 2.45) is 0 Å². The summed E-state index contributed by atoms with van der Waals surface area (Å²) in [6, 6.07) is 4.59. The number of nitrogens with one attached hydrogen (secondary N) is 1. The minimum Gasteiger partial charge on any atom is -0.481 e. The summed E-state index contributed by atoms with van der Waals surface area (Å²) < 4.78 is 27.2. The molecule has 0 aliphatic carbocycles. The highest BCUT2D eigenvalue weighted by molar-refractivity contribution is 7.89. The number of hydrogen-bond donors (Lipinski definition) is 2. The minimum absolute atomic E-state index is 0.0599. The number of sulfonamides is 1. The number of piperidine rings is 1. The van der Waals surface area contributed by atoms with Crippen LogP contribution in [0, 0.1) is 6.92 Å². The summed E-state index contributed by atoms with van der Waals surface area (Å²) in [6.45, 7) is 6.24. The van der Waals surface area contributed by atoms with Crippen molar-refractivity contribution < 1.29 is 23.1 Å². The van der Waals surface area contributed by atoms with E-state index in [-0.39, 0.29) is 23.3 Å². The number of amides is 1. The molecule has 1 amide bonds. The van der Waals surface area contributed by atoms with Crippen molar-refractivity contribution in [2.75, 3.05) is 13.1 Å². The molecule has 7 nitrogen and oxygen atoms in total. The van der Waals surface area contributed by atoms with Gasteiger partial charge in [-0.1, -0.05) is 12.5 Å². The molecule has 1 aliphatic heterocycles. The van der Waals surface area contributed by atoms with Crippen LogP contribution in [0.15, 0.2) is 23.1 Å². The van der Waals surface area contributed by atoms with Gasteiger partial charge in [0.05, 0.1) is 4.90 Å². The van der Waals surface area contributed by atoms with Gasteiger partial charge in [-0.15, -0.1) is 0 Å². The number of aliphatic carboxylic acids is 1. The molecule has 0 atom stereocenters. The number of benzene rings is 1. The lowest BCUT2D eigenvalue weighted by Crippen LogP contribution is -2.44. The zero-order valence-corrected chi connectivity index (χ0v) is 16.9. The molecule has 1 fully saturated rings. The summed E-state index contributed by atoms with van der Waals surface area (Å²) >= 11 is 0. The molecular formula is C19H28N2O5S. The van der Waals surface area contributed by atoms with E-state index in [9.17, 15) is 18.0 Å². The molecule has 1 saturated heterocycles. The summed E-state index contributed by atoms with van der Waals surface area (Å²) in [5.74, 6) is -1.33. The molecule has 0 saturated carbocycles. The third-order valence-electron chi connectivity index (χ3n) is 4.82. The van der Waals surface area contributed by atoms with Crippen LogP contribution in [0.25, 0.3) is 0 Å². The summed E-state index contributed by atoms with van der Waals surface area (Å²) in [4.78, 5) is 23.6. The molecule has 0 aromatic heterocycles. The lowest BCUT2D eigenvalue weighted by Gasteiger charge is -2.27. The number of carbonyl (C=O) groups is 2. The number of aryl methyl sites for hydroxylation is 1. The summed E-state index contributed by atoms with van der Waals surface area (Å²) in [5.41, 5.74) is 0.236. The van der Waals surface area contributed by atoms with E-state index >= 15 is 0 Å². The quantitative estimate of drug-likeness (QED) is 0.737. The van der Waals surface area contributed by atoms with E-state index in [0.717, 1.165) is 19.3 Å². The van der Waals surface area contributed by atoms with E-state index in [1.807, 2.05) is 0 Å². The van der Waals surface area contributed by atoms with Crippen LogP contribution in [-0.2, 0) is 14.8 Å². The molecule has 27 heavy (non-hydrogen) atoms. The van der Waals surface area contributed by atoms with Gasteiger partial charge in [-0.3, -0.25) is 9.59 Å². The Hall–Kier alpha value is -1.93. The molecule has 1 aliphatic rings. The van der Waals surface area contributed by atoms with Crippen LogP contribution >= 0.6 is 0 Å². The Labute approximate surface area is 160 Å². The largest absolute Gasteiger partial charge is 0.481 e. The van der Waals surface area contributed by atoms with Crippen molar-refractivity contribution in [1.29, 1.82) is 0 Å². The molecule has 150 valence electrons. The smallest absolute Gasteiger partial charge is 0.303 e. The number of carboxylic acid groups (broad SMARTS) is 1. The number of nitrogens with zero attached hydrogens (tertiary/aromatic N) is 1. The van der Waals surface area contributed by atoms with Crippen LogP contribution in [0.2, 0.25) is 0 Å². The van der Waals surface area contributed by atoms with Crippen molar-refractivity contribution in [3.05, 3.63) is 29.3 Å². The van der Waals surface area contributed by atoms with Crippen molar-refractivity contribution in [3.63, 3.8) is 0 Å². The average molecular weight is 397 g/mol. The SMILES string of the molecule is Cc1ccc(S(=O)(=O)N2CCCCC2)cc1C(=O)NC(C)(C)CCC(=O)O. The Morgan fingerprint density at radius 1 is 1.19 bits per heavy atom. The van der Waals surface area contributed by atoms with Gasteiger partial charge in [-0.05, 0) is 57.7 Å². The molecule has 0 unspecified atom stereocenters. The first-order valence-corrected chi connectivity index (χ1v) is 10.6. The van der Waals surface area contributed by atoms with E-state index in [1.54, 1.807) is 26.8 Å². The monoisotopic (exact) mass is 396 g/mol. The first-order valence-electron chi connectivity index (χ1n) is 9.18. The molecule has 8 heteroatoms. The second-order valence-electron chi connectivity index (χ2n) is 7.67. The van der Waals surface area contributed by atoms with Gasteiger partial charge in [-0.2, -0.15) is 4.31 Å². The molecule has 0 bridgehead atoms. The fourth-order valence-electron chi connectivity index (χ4n) is 3.12. The highest BCUT2D eigenvalue weighted by atomic mass is 32.2. The van der Waals surface area contributed by atoms with Crippen molar-refractivity contribution in [2.45, 2.75) is 63.3 Å². The lowest BCUT2D eigenvalue weighted by molar-refractivity contribution is -0.137. The Kier molecular flexibility index (Phi) is 6.64. The second-order valence-corrected chi connectivity index (χ2v) is 9.61. The summed E-state index contributed by atoms with van der Waals surface area (Å²) in [7, 11) is -3.62. The van der Waals surface area contributed by atoms with Crippen LogP contribution in [-0.4, -0.2) is 48.3 Å². The highest BCUT2D eigenvalue weighted by Crippen LogP contribution is 2.23. The Morgan fingerprint density at radius 2 is 1.81 bits per heavy atom. The maximum Gasteiger partial charge on any atom is 0.303 e. The van der Waals surface area contributed by atoms with Gasteiger partial charge >= 0.3 is 5.97 Å². The molecule has 2 rings (SSSR count). The zero-order chi connectivity index (χ0) is 20.2. The molecule has 1 aromatic carbocycles. The van der Waals surface area contributed by atoms with Gasteiger partial charge in [-0.25, -0.2) is 8.42 Å². The number of rotatable bonds is 7. The zero-order valence-electron chi connectivity index (χ0n) is 16.1. The van der Waals surface area contributed by atoms with Crippen molar-refractivity contribution in [1.82, 2.24) is 9.62 Å². The molecule has 2 N–H and O–H groups in total. The van der Waals surface area contributed by atoms with E-state index in [1.165, 1.54) is 16.4 Å². The minimum atomic E-state index is -3.62. The van der Waals surface area contributed by atoms with Gasteiger partial charge in [0, 0.05) is 30.6 Å². The van der Waals surface area contributed by atoms with Gasteiger partial charge < -0.3 is 10.4 Å². The maximum absolute atomic E-state index is 12.9. The topological polar surface area (TPSA) is 104 Å². The predicted molar refractivity (Wildman–Crippen MR) is 102 cm³/mol. The third-order valence-corrected chi connectivity index (χ3v) is 6.72. The van der Waals surface area contributed by atoms with Crippen LogP contribution in [0.3, 0.4) is 0 Å². The van der Waals surface area contributed by atoms with E-state index in [2.05, 4.69) is 5.32 Å². The number of carboxylic acids is 1. The second kappa shape index (κ2) is 8.39. The van der Waals surface area contributed by atoms with Gasteiger partial charge in [0.1, 0.15) is 0 Å². The normalized spacial score (nSPS) is 16.1. The fourth-order valence-corrected chi connectivity index (χ4v) is 4.66. The van der Waals surface area contributed by atoms with Crippen LogP contribution in [0.5, 0.6) is 0 Å². The first-order chi connectivity index (χ1) is 12.5. The summed E-state index contributed by atoms with van der Waals surface area (Å²) in [6.07, 6.45) is 2.93. The molecule has 1 heterocycles. The number of carbonyl (C=O) groups excluding carboxylic acids is 1. The fraction of sp³-hybridized carbons (Fsp3) is 0.579. The molecule has 1 aromatic rings. The van der Waals surface area contributed by atoms with Crippen LogP contribution < -0.4 is 5.32 Å². The van der Waals surface area contributed by atoms with Crippen LogP contribution in [0.4, 0.5) is 0 Å². The Balaban J connectivity index is 2.23. The van der Waals surface area contributed by atoms with Crippen LogP contribution in [0.1, 0.15) is 61.9 Å². The van der Waals surface area contributed by atoms with Gasteiger partial charge in [0.2, 0.25) is 10.0 Å². The Bertz CT molecular complexity index is 811.